The highest BCUT2D eigenvalue weighted by atomic mass is 32.1. The van der Waals surface area contributed by atoms with Crippen molar-refractivity contribution in [1.82, 2.24) is 4.98 Å². The zero-order chi connectivity index (χ0) is 12.3. The van der Waals surface area contributed by atoms with Gasteiger partial charge in [-0.3, -0.25) is 0 Å². The molecule has 0 aliphatic carbocycles. The van der Waals surface area contributed by atoms with E-state index in [2.05, 4.69) is 31.1 Å². The molecule has 0 aromatic carbocycles. The molecule has 1 heterocycles. The van der Waals surface area contributed by atoms with Crippen LogP contribution >= 0.6 is 11.3 Å². The van der Waals surface area contributed by atoms with E-state index < -0.39 is 5.60 Å². The fraction of sp³-hybridized carbons (Fsp3) is 0.750. The molecular formula is C12H22N2OS. The third-order valence-electron chi connectivity index (χ3n) is 2.50. The van der Waals surface area contributed by atoms with Gasteiger partial charge in [-0.05, 0) is 33.1 Å². The van der Waals surface area contributed by atoms with E-state index >= 15 is 0 Å². The van der Waals surface area contributed by atoms with Crippen molar-refractivity contribution in [2.45, 2.75) is 46.6 Å². The molecule has 4 heteroatoms. The Morgan fingerprint density at radius 3 is 2.50 bits per heavy atom. The second-order valence-electron chi connectivity index (χ2n) is 5.11. The van der Waals surface area contributed by atoms with Crippen LogP contribution in [-0.2, 0) is 0 Å². The monoisotopic (exact) mass is 242 g/mol. The highest BCUT2D eigenvalue weighted by Gasteiger charge is 2.22. The van der Waals surface area contributed by atoms with E-state index in [0.29, 0.717) is 12.5 Å². The van der Waals surface area contributed by atoms with Crippen molar-refractivity contribution in [1.29, 1.82) is 0 Å². The maximum absolute atomic E-state index is 10.1. The van der Waals surface area contributed by atoms with Gasteiger partial charge in [0.1, 0.15) is 0 Å². The van der Waals surface area contributed by atoms with Crippen molar-refractivity contribution < 1.29 is 5.11 Å². The first-order valence-corrected chi connectivity index (χ1v) is 6.52. The smallest absolute Gasteiger partial charge is 0.183 e. The summed E-state index contributed by atoms with van der Waals surface area (Å²) in [6.07, 6.45) is 0.795. The van der Waals surface area contributed by atoms with Crippen LogP contribution in [0.2, 0.25) is 0 Å². The maximum atomic E-state index is 10.1. The Kier molecular flexibility index (Phi) is 4.33. The second kappa shape index (κ2) is 5.15. The van der Waals surface area contributed by atoms with Gasteiger partial charge >= 0.3 is 0 Å². The molecule has 0 saturated heterocycles. The van der Waals surface area contributed by atoms with E-state index in [1.165, 1.54) is 4.88 Å². The van der Waals surface area contributed by atoms with Crippen LogP contribution in [0.4, 0.5) is 5.13 Å². The van der Waals surface area contributed by atoms with Crippen molar-refractivity contribution >= 4 is 16.5 Å². The lowest BCUT2D eigenvalue weighted by Gasteiger charge is -2.25. The number of hydrogen-bond acceptors (Lipinski definition) is 4. The molecule has 1 atom stereocenters. The molecule has 1 rings (SSSR count). The number of thiazole rings is 1. The molecule has 3 nitrogen and oxygen atoms in total. The van der Waals surface area contributed by atoms with Crippen LogP contribution in [-0.4, -0.2) is 22.2 Å². The highest BCUT2D eigenvalue weighted by molar-refractivity contribution is 7.15. The largest absolute Gasteiger partial charge is 0.388 e. The average molecular weight is 242 g/mol. The Morgan fingerprint density at radius 2 is 2.06 bits per heavy atom. The van der Waals surface area contributed by atoms with Gasteiger partial charge in [-0.2, -0.15) is 0 Å². The van der Waals surface area contributed by atoms with Gasteiger partial charge < -0.3 is 10.4 Å². The van der Waals surface area contributed by atoms with Crippen molar-refractivity contribution in [2.24, 2.45) is 5.92 Å². The van der Waals surface area contributed by atoms with Crippen LogP contribution in [0.5, 0.6) is 0 Å². The normalized spacial score (nSPS) is 15.2. The van der Waals surface area contributed by atoms with Crippen LogP contribution in [0.1, 0.15) is 37.8 Å². The van der Waals surface area contributed by atoms with Crippen LogP contribution in [0, 0.1) is 19.8 Å². The van der Waals surface area contributed by atoms with E-state index in [0.717, 1.165) is 17.2 Å². The molecule has 0 saturated carbocycles. The highest BCUT2D eigenvalue weighted by Crippen LogP contribution is 2.23. The van der Waals surface area contributed by atoms with E-state index in [4.69, 9.17) is 0 Å². The molecule has 1 aromatic heterocycles. The zero-order valence-corrected chi connectivity index (χ0v) is 11.6. The Balaban J connectivity index is 2.50. The summed E-state index contributed by atoms with van der Waals surface area (Å²) in [4.78, 5) is 5.62. The summed E-state index contributed by atoms with van der Waals surface area (Å²) < 4.78 is 0. The molecule has 0 aliphatic heterocycles. The number of nitrogens with one attached hydrogen (secondary N) is 1. The van der Waals surface area contributed by atoms with Gasteiger partial charge in [0.2, 0.25) is 0 Å². The van der Waals surface area contributed by atoms with Gasteiger partial charge in [-0.1, -0.05) is 13.8 Å². The van der Waals surface area contributed by atoms with Gasteiger partial charge in [0.15, 0.2) is 5.13 Å². The van der Waals surface area contributed by atoms with E-state index in [1.54, 1.807) is 11.3 Å². The van der Waals surface area contributed by atoms with Crippen LogP contribution in [0.15, 0.2) is 0 Å². The maximum Gasteiger partial charge on any atom is 0.183 e. The number of aryl methyl sites for hydroxylation is 2. The molecule has 0 bridgehead atoms. The Labute approximate surface area is 102 Å². The lowest BCUT2D eigenvalue weighted by molar-refractivity contribution is 0.0515. The molecule has 0 spiro atoms. The number of anilines is 1. The molecule has 0 amide bonds. The Morgan fingerprint density at radius 1 is 1.44 bits per heavy atom. The average Bonchev–Trinajstić information content (AvgIpc) is 2.41. The second-order valence-corrected chi connectivity index (χ2v) is 6.31. The van der Waals surface area contributed by atoms with Gasteiger partial charge in [0.05, 0.1) is 11.3 Å². The minimum Gasteiger partial charge on any atom is -0.388 e. The molecule has 0 aliphatic rings. The third-order valence-corrected chi connectivity index (χ3v) is 3.53. The van der Waals surface area contributed by atoms with E-state index in [-0.39, 0.29) is 0 Å². The topological polar surface area (TPSA) is 45.2 Å². The van der Waals surface area contributed by atoms with Crippen LogP contribution in [0.3, 0.4) is 0 Å². The molecular weight excluding hydrogens is 220 g/mol. The number of rotatable bonds is 5. The molecule has 0 radical (unpaired) electrons. The number of aliphatic hydroxyl groups is 1. The minimum atomic E-state index is -0.665. The molecule has 2 N–H and O–H groups in total. The van der Waals surface area contributed by atoms with Crippen molar-refractivity contribution in [3.63, 3.8) is 0 Å². The Bertz CT molecular complexity index is 325. The lowest BCUT2D eigenvalue weighted by Crippen LogP contribution is -2.34. The van der Waals surface area contributed by atoms with Crippen LogP contribution in [0.25, 0.3) is 0 Å². The predicted molar refractivity (Wildman–Crippen MR) is 70.2 cm³/mol. The van der Waals surface area contributed by atoms with E-state index in [1.807, 2.05) is 13.8 Å². The quantitative estimate of drug-likeness (QED) is 0.834. The fourth-order valence-electron chi connectivity index (χ4n) is 1.77. The van der Waals surface area contributed by atoms with Gasteiger partial charge in [-0.25, -0.2) is 4.98 Å². The first kappa shape index (κ1) is 13.5. The zero-order valence-electron chi connectivity index (χ0n) is 10.8. The first-order valence-electron chi connectivity index (χ1n) is 5.70. The van der Waals surface area contributed by atoms with Crippen molar-refractivity contribution in [2.75, 3.05) is 11.9 Å². The molecule has 0 fully saturated rings. The summed E-state index contributed by atoms with van der Waals surface area (Å²) in [6.45, 7) is 10.7. The van der Waals surface area contributed by atoms with Crippen molar-refractivity contribution in [3.05, 3.63) is 10.6 Å². The third kappa shape index (κ3) is 4.10. The standard InChI is InChI=1S/C12H22N2OS/c1-8(2)6-12(5,15)7-13-11-14-9(3)10(4)16-11/h8,15H,6-7H2,1-5H3,(H,13,14). The van der Waals surface area contributed by atoms with Crippen molar-refractivity contribution in [3.8, 4) is 0 Å². The Hall–Kier alpha value is -0.610. The number of aromatic nitrogens is 1. The number of nitrogens with zero attached hydrogens (tertiary/aromatic N) is 1. The fourth-order valence-corrected chi connectivity index (χ4v) is 2.58. The summed E-state index contributed by atoms with van der Waals surface area (Å²) in [5.41, 5.74) is 0.401. The molecule has 1 unspecified atom stereocenters. The number of hydrogen-bond donors (Lipinski definition) is 2. The summed E-state index contributed by atoms with van der Waals surface area (Å²) >= 11 is 1.64. The van der Waals surface area contributed by atoms with Gasteiger partial charge in [-0.15, -0.1) is 11.3 Å². The predicted octanol–water partition coefficient (Wildman–Crippen LogP) is 2.97. The minimum absolute atomic E-state index is 0.497. The SMILES string of the molecule is Cc1nc(NCC(C)(O)CC(C)C)sc1C. The summed E-state index contributed by atoms with van der Waals surface area (Å²) in [5.74, 6) is 0.497. The lowest BCUT2D eigenvalue weighted by atomic mass is 9.94. The summed E-state index contributed by atoms with van der Waals surface area (Å²) in [5, 5.41) is 14.2. The molecule has 92 valence electrons. The van der Waals surface area contributed by atoms with Crippen LogP contribution < -0.4 is 5.32 Å². The van der Waals surface area contributed by atoms with Gasteiger partial charge in [0, 0.05) is 11.4 Å². The van der Waals surface area contributed by atoms with E-state index in [9.17, 15) is 5.11 Å². The molecule has 1 aromatic rings. The molecule has 16 heavy (non-hydrogen) atoms. The first-order chi connectivity index (χ1) is 7.30. The summed E-state index contributed by atoms with van der Waals surface area (Å²) in [6, 6.07) is 0. The van der Waals surface area contributed by atoms with Gasteiger partial charge in [0.25, 0.3) is 0 Å². The summed E-state index contributed by atoms with van der Waals surface area (Å²) in [7, 11) is 0.